The van der Waals surface area contributed by atoms with Crippen LogP contribution in [0.5, 0.6) is 5.75 Å². The maximum atomic E-state index is 10.9. The second-order valence-electron chi connectivity index (χ2n) is 3.87. The van der Waals surface area contributed by atoms with Crippen molar-refractivity contribution in [3.8, 4) is 5.75 Å². The Balaban J connectivity index is 2.28. The van der Waals surface area contributed by atoms with E-state index in [0.29, 0.717) is 11.4 Å². The second-order valence-corrected chi connectivity index (χ2v) is 5.29. The summed E-state index contributed by atoms with van der Waals surface area (Å²) in [5, 5.41) is 17.2. The number of phenolic OH excluding ortho intramolecular Hbond substituents is 1. The van der Waals surface area contributed by atoms with Gasteiger partial charge in [0, 0.05) is 6.07 Å². The summed E-state index contributed by atoms with van der Waals surface area (Å²) in [5.74, 6) is -0.416. The number of rotatable bonds is 3. The summed E-state index contributed by atoms with van der Waals surface area (Å²) in [4.78, 5) is -0.424. The van der Waals surface area contributed by atoms with Gasteiger partial charge in [-0.25, -0.2) is 0 Å². The van der Waals surface area contributed by atoms with E-state index in [2.05, 4.69) is 10.2 Å². The van der Waals surface area contributed by atoms with Gasteiger partial charge in [0.2, 0.25) is 0 Å². The minimum absolute atomic E-state index is 0.0624. The molecule has 0 bridgehead atoms. The van der Waals surface area contributed by atoms with Gasteiger partial charge in [-0.15, -0.1) is 5.11 Å². The zero-order valence-corrected chi connectivity index (χ0v) is 10.9. The van der Waals surface area contributed by atoms with Crippen molar-refractivity contribution in [1.82, 2.24) is 5.73 Å². The molecule has 2 aromatic rings. The third kappa shape index (κ3) is 3.31. The standard InChI is InChI=1S/C12H10N3O4S/c13-8-1-3-9(4-2-8)14-15-11-6-5-10(7-12(11)16)20(17,18)19/h1-7,13,16H,(H,17,18,19)/b15-14+. The fourth-order valence-electron chi connectivity index (χ4n) is 1.39. The van der Waals surface area contributed by atoms with Crippen molar-refractivity contribution in [2.45, 2.75) is 4.90 Å². The van der Waals surface area contributed by atoms with E-state index in [1.807, 2.05) is 0 Å². The minimum Gasteiger partial charge on any atom is -0.506 e. The van der Waals surface area contributed by atoms with Gasteiger partial charge in [-0.3, -0.25) is 4.55 Å². The van der Waals surface area contributed by atoms with Gasteiger partial charge in [-0.2, -0.15) is 13.5 Å². The average Bonchev–Trinajstić information content (AvgIpc) is 2.38. The van der Waals surface area contributed by atoms with Crippen LogP contribution in [0.3, 0.4) is 0 Å². The largest absolute Gasteiger partial charge is 0.506 e. The Morgan fingerprint density at radius 3 is 2.20 bits per heavy atom. The Kier molecular flexibility index (Phi) is 3.68. The molecule has 0 amide bonds. The average molecular weight is 292 g/mol. The molecule has 0 aliphatic heterocycles. The van der Waals surface area contributed by atoms with Crippen LogP contribution in [0.15, 0.2) is 57.6 Å². The highest BCUT2D eigenvalue weighted by atomic mass is 32.2. The molecule has 8 heteroatoms. The Hall–Kier alpha value is -2.45. The van der Waals surface area contributed by atoms with Gasteiger partial charge in [-0.05, 0) is 36.4 Å². The van der Waals surface area contributed by atoms with E-state index in [-0.39, 0.29) is 5.69 Å². The van der Waals surface area contributed by atoms with E-state index in [4.69, 9.17) is 10.3 Å². The first-order valence-corrected chi connectivity index (χ1v) is 6.84. The zero-order chi connectivity index (χ0) is 14.8. The molecule has 0 atom stereocenters. The van der Waals surface area contributed by atoms with Gasteiger partial charge in [0.05, 0.1) is 16.3 Å². The summed E-state index contributed by atoms with van der Waals surface area (Å²) >= 11 is 0. The van der Waals surface area contributed by atoms with Gasteiger partial charge in [0.1, 0.15) is 11.4 Å². The maximum absolute atomic E-state index is 10.9. The molecule has 3 N–H and O–H groups in total. The number of nitrogens with zero attached hydrogens (tertiary/aromatic N) is 2. The Morgan fingerprint density at radius 2 is 1.65 bits per heavy atom. The van der Waals surface area contributed by atoms with Crippen LogP contribution in [0.1, 0.15) is 0 Å². The van der Waals surface area contributed by atoms with Gasteiger partial charge >= 0.3 is 0 Å². The van der Waals surface area contributed by atoms with Crippen LogP contribution in [0.4, 0.5) is 17.1 Å². The van der Waals surface area contributed by atoms with Crippen molar-refractivity contribution >= 4 is 27.2 Å². The summed E-state index contributed by atoms with van der Waals surface area (Å²) < 4.78 is 30.6. The van der Waals surface area contributed by atoms with Crippen LogP contribution in [0, 0.1) is 0 Å². The Labute approximate surface area is 115 Å². The van der Waals surface area contributed by atoms with E-state index < -0.39 is 20.8 Å². The summed E-state index contributed by atoms with van der Waals surface area (Å²) in [6.45, 7) is 0. The molecule has 7 nitrogen and oxygen atoms in total. The molecule has 0 fully saturated rings. The molecular weight excluding hydrogens is 282 g/mol. The summed E-state index contributed by atoms with van der Waals surface area (Å²) in [5.41, 5.74) is 8.20. The lowest BCUT2D eigenvalue weighted by Gasteiger charge is -2.00. The third-order valence-corrected chi connectivity index (χ3v) is 3.23. The molecule has 0 aromatic heterocycles. The monoisotopic (exact) mass is 292 g/mol. The van der Waals surface area contributed by atoms with Crippen LogP contribution >= 0.6 is 0 Å². The molecule has 1 radical (unpaired) electrons. The minimum atomic E-state index is -4.37. The fraction of sp³-hybridized carbons (Fsp3) is 0. The van der Waals surface area contributed by atoms with E-state index in [9.17, 15) is 13.5 Å². The predicted octanol–water partition coefficient (Wildman–Crippen LogP) is 2.97. The van der Waals surface area contributed by atoms with Gasteiger partial charge in [0.25, 0.3) is 10.1 Å². The lowest BCUT2D eigenvalue weighted by Crippen LogP contribution is -1.96. The Morgan fingerprint density at radius 1 is 1.00 bits per heavy atom. The van der Waals surface area contributed by atoms with Crippen molar-refractivity contribution in [3.05, 3.63) is 42.5 Å². The number of hydrogen-bond donors (Lipinski definition) is 2. The highest BCUT2D eigenvalue weighted by Gasteiger charge is 2.12. The molecule has 2 rings (SSSR count). The summed E-state index contributed by atoms with van der Waals surface area (Å²) in [6, 6.07) is 9.45. The number of azo groups is 1. The quantitative estimate of drug-likeness (QED) is 0.666. The molecule has 0 heterocycles. The van der Waals surface area contributed by atoms with Crippen molar-refractivity contribution < 1.29 is 18.1 Å². The van der Waals surface area contributed by atoms with Crippen LogP contribution in [-0.4, -0.2) is 18.1 Å². The molecule has 0 saturated carbocycles. The van der Waals surface area contributed by atoms with Crippen LogP contribution < -0.4 is 5.73 Å². The van der Waals surface area contributed by atoms with Crippen LogP contribution in [0.2, 0.25) is 0 Å². The van der Waals surface area contributed by atoms with E-state index >= 15 is 0 Å². The van der Waals surface area contributed by atoms with Crippen molar-refractivity contribution in [3.63, 3.8) is 0 Å². The number of nitrogens with one attached hydrogen (secondary N) is 1. The van der Waals surface area contributed by atoms with E-state index in [0.717, 1.165) is 12.1 Å². The molecule has 0 spiro atoms. The first-order valence-electron chi connectivity index (χ1n) is 5.40. The fourth-order valence-corrected chi connectivity index (χ4v) is 1.89. The number of phenols is 1. The molecule has 20 heavy (non-hydrogen) atoms. The van der Waals surface area contributed by atoms with E-state index in [1.54, 1.807) is 12.1 Å². The first-order chi connectivity index (χ1) is 9.36. The van der Waals surface area contributed by atoms with Gasteiger partial charge < -0.3 is 10.8 Å². The number of aromatic hydroxyl groups is 1. The molecule has 103 valence electrons. The van der Waals surface area contributed by atoms with Crippen molar-refractivity contribution in [1.29, 1.82) is 0 Å². The van der Waals surface area contributed by atoms with Crippen LogP contribution in [0.25, 0.3) is 0 Å². The molecule has 0 saturated heterocycles. The highest BCUT2D eigenvalue weighted by molar-refractivity contribution is 7.85. The molecule has 0 unspecified atom stereocenters. The molecule has 0 aliphatic carbocycles. The first kappa shape index (κ1) is 14.0. The normalized spacial score (nSPS) is 11.8. The number of hydrogen-bond acceptors (Lipinski definition) is 5. The lowest BCUT2D eigenvalue weighted by molar-refractivity contribution is 0.467. The zero-order valence-electron chi connectivity index (χ0n) is 10.1. The SMILES string of the molecule is [NH]c1ccc(/N=N/c2ccc(S(=O)(=O)O)cc2O)cc1. The molecule has 0 aliphatic rings. The second kappa shape index (κ2) is 5.27. The van der Waals surface area contributed by atoms with Crippen LogP contribution in [-0.2, 0) is 10.1 Å². The predicted molar refractivity (Wildman–Crippen MR) is 71.3 cm³/mol. The summed E-state index contributed by atoms with van der Waals surface area (Å²) in [6.07, 6.45) is 0. The van der Waals surface area contributed by atoms with Crippen molar-refractivity contribution in [2.75, 3.05) is 0 Å². The molecular formula is C12H10N3O4S. The lowest BCUT2D eigenvalue weighted by atomic mass is 10.3. The van der Waals surface area contributed by atoms with Crippen molar-refractivity contribution in [2.24, 2.45) is 10.2 Å². The number of benzene rings is 2. The topological polar surface area (TPSA) is 123 Å². The third-order valence-electron chi connectivity index (χ3n) is 2.39. The smallest absolute Gasteiger partial charge is 0.294 e. The maximum Gasteiger partial charge on any atom is 0.294 e. The van der Waals surface area contributed by atoms with Gasteiger partial charge in [0.15, 0.2) is 0 Å². The summed E-state index contributed by atoms with van der Waals surface area (Å²) in [7, 11) is -4.37. The molecule has 2 aromatic carbocycles. The van der Waals surface area contributed by atoms with E-state index in [1.165, 1.54) is 18.2 Å². The Bertz CT molecular complexity index is 755. The van der Waals surface area contributed by atoms with Gasteiger partial charge in [-0.1, -0.05) is 0 Å². The highest BCUT2D eigenvalue weighted by Crippen LogP contribution is 2.30.